The molecule has 1 N–H and O–H groups in total. The van der Waals surface area contributed by atoms with Crippen LogP contribution in [0.2, 0.25) is 0 Å². The fourth-order valence-corrected chi connectivity index (χ4v) is 7.09. The molecule has 3 aromatic carbocycles. The standard InChI is InChI=1S/C34H40N4S/c1-3-11-27(12-4-1)34(28-13-5-2-6-14-28)38-22-20-37(21-23-38)24-26-39-25-19-35-33-29-15-7-9-17-31(29)36-32-18-10-8-16-30(32)33/h1-7,9,11-15,17,34H,8,10,16,18-26H2,(H,35,36). The lowest BCUT2D eigenvalue weighted by atomic mass is 9.92. The van der Waals surface area contributed by atoms with Gasteiger partial charge in [-0.25, -0.2) is 0 Å². The van der Waals surface area contributed by atoms with Gasteiger partial charge < -0.3 is 5.32 Å². The minimum absolute atomic E-state index is 0.338. The van der Waals surface area contributed by atoms with E-state index in [-0.39, 0.29) is 0 Å². The predicted octanol–water partition coefficient (Wildman–Crippen LogP) is 6.67. The first-order valence-electron chi connectivity index (χ1n) is 14.7. The van der Waals surface area contributed by atoms with Crippen LogP contribution in [0.25, 0.3) is 10.9 Å². The van der Waals surface area contributed by atoms with Crippen LogP contribution in [0.1, 0.15) is 41.3 Å². The fourth-order valence-electron chi connectivity index (χ4n) is 6.25. The highest BCUT2D eigenvalue weighted by atomic mass is 32.2. The van der Waals surface area contributed by atoms with Gasteiger partial charge in [-0.05, 0) is 48.4 Å². The molecule has 0 unspecified atom stereocenters. The molecule has 0 radical (unpaired) electrons. The van der Waals surface area contributed by atoms with Gasteiger partial charge in [0.1, 0.15) is 0 Å². The highest BCUT2D eigenvalue weighted by Crippen LogP contribution is 2.33. The Morgan fingerprint density at radius 3 is 2.15 bits per heavy atom. The molecule has 2 aliphatic rings. The highest BCUT2D eigenvalue weighted by Gasteiger charge is 2.26. The van der Waals surface area contributed by atoms with E-state index in [0.717, 1.165) is 56.8 Å². The molecular weight excluding hydrogens is 496 g/mol. The number of fused-ring (bicyclic) bond motifs is 2. The summed E-state index contributed by atoms with van der Waals surface area (Å²) in [5.74, 6) is 2.33. The number of aromatic nitrogens is 1. The molecule has 0 spiro atoms. The number of piperazine rings is 1. The van der Waals surface area contributed by atoms with Crippen LogP contribution < -0.4 is 5.32 Å². The third-order valence-corrected chi connectivity index (χ3v) is 9.24. The van der Waals surface area contributed by atoms with Crippen molar-refractivity contribution in [3.05, 3.63) is 107 Å². The van der Waals surface area contributed by atoms with Crippen LogP contribution in [0.15, 0.2) is 84.9 Å². The number of para-hydroxylation sites is 1. The monoisotopic (exact) mass is 536 g/mol. The van der Waals surface area contributed by atoms with Gasteiger partial charge in [0.25, 0.3) is 0 Å². The van der Waals surface area contributed by atoms with Gasteiger partial charge in [0.2, 0.25) is 0 Å². The van der Waals surface area contributed by atoms with Gasteiger partial charge in [-0.3, -0.25) is 14.8 Å². The van der Waals surface area contributed by atoms with Gasteiger partial charge >= 0.3 is 0 Å². The second-order valence-corrected chi connectivity index (χ2v) is 12.0. The first kappa shape index (κ1) is 26.4. The lowest BCUT2D eigenvalue weighted by molar-refractivity contribution is 0.114. The Kier molecular flexibility index (Phi) is 8.79. The predicted molar refractivity (Wildman–Crippen MR) is 167 cm³/mol. The summed E-state index contributed by atoms with van der Waals surface area (Å²) in [5, 5.41) is 5.11. The van der Waals surface area contributed by atoms with Crippen LogP contribution in [0, 0.1) is 0 Å². The number of hydrogen-bond acceptors (Lipinski definition) is 5. The van der Waals surface area contributed by atoms with Gasteiger partial charge in [-0.1, -0.05) is 78.9 Å². The van der Waals surface area contributed by atoms with Crippen LogP contribution >= 0.6 is 11.8 Å². The Balaban J connectivity index is 0.977. The van der Waals surface area contributed by atoms with Crippen molar-refractivity contribution in [2.75, 3.05) is 56.1 Å². The minimum Gasteiger partial charge on any atom is -0.383 e. The molecule has 5 heteroatoms. The van der Waals surface area contributed by atoms with Crippen LogP contribution in [-0.2, 0) is 12.8 Å². The Labute approximate surface area is 237 Å². The van der Waals surface area contributed by atoms with Crippen LogP contribution in [-0.4, -0.2) is 65.6 Å². The van der Waals surface area contributed by atoms with Crippen LogP contribution in [0.4, 0.5) is 5.69 Å². The van der Waals surface area contributed by atoms with E-state index in [1.807, 2.05) is 0 Å². The Bertz CT molecular complexity index is 1300. The zero-order valence-corrected chi connectivity index (χ0v) is 23.7. The van der Waals surface area contributed by atoms with Gasteiger partial charge in [0.05, 0.1) is 11.6 Å². The van der Waals surface area contributed by atoms with Crippen LogP contribution in [0.3, 0.4) is 0 Å². The van der Waals surface area contributed by atoms with E-state index in [1.165, 1.54) is 58.6 Å². The van der Waals surface area contributed by atoms with Crippen LogP contribution in [0.5, 0.6) is 0 Å². The number of rotatable bonds is 10. The first-order chi connectivity index (χ1) is 19.4. The van der Waals surface area contributed by atoms with E-state index in [1.54, 1.807) is 0 Å². The van der Waals surface area contributed by atoms with E-state index in [4.69, 9.17) is 4.98 Å². The summed E-state index contributed by atoms with van der Waals surface area (Å²) >= 11 is 2.08. The average molecular weight is 537 g/mol. The van der Waals surface area contributed by atoms with Gasteiger partial charge in [-0.15, -0.1) is 0 Å². The Hall–Kier alpha value is -2.86. The van der Waals surface area contributed by atoms with E-state index < -0.39 is 0 Å². The Morgan fingerprint density at radius 2 is 1.41 bits per heavy atom. The second kappa shape index (κ2) is 13.0. The molecule has 0 saturated carbocycles. The summed E-state index contributed by atoms with van der Waals surface area (Å²) in [7, 11) is 0. The number of pyridine rings is 1. The van der Waals surface area contributed by atoms with Crippen molar-refractivity contribution in [2.45, 2.75) is 31.7 Å². The molecule has 1 aliphatic carbocycles. The number of anilines is 1. The van der Waals surface area contributed by atoms with Gasteiger partial charge in [0.15, 0.2) is 0 Å². The summed E-state index contributed by atoms with van der Waals surface area (Å²) in [5.41, 5.74) is 8.04. The molecular formula is C34H40N4S. The molecule has 4 aromatic rings. The lowest BCUT2D eigenvalue weighted by Gasteiger charge is -2.39. The normalized spacial score (nSPS) is 16.4. The second-order valence-electron chi connectivity index (χ2n) is 10.8. The molecule has 0 amide bonds. The molecule has 1 saturated heterocycles. The molecule has 4 nitrogen and oxygen atoms in total. The molecule has 39 heavy (non-hydrogen) atoms. The van der Waals surface area contributed by atoms with E-state index in [2.05, 4.69) is 112 Å². The fraction of sp³-hybridized carbons (Fsp3) is 0.382. The summed E-state index contributed by atoms with van der Waals surface area (Å²) in [6.45, 7) is 6.69. The summed E-state index contributed by atoms with van der Waals surface area (Å²) in [4.78, 5) is 10.3. The number of aryl methyl sites for hydroxylation is 1. The van der Waals surface area contributed by atoms with Crippen molar-refractivity contribution in [1.29, 1.82) is 0 Å². The third-order valence-electron chi connectivity index (χ3n) is 8.27. The third kappa shape index (κ3) is 6.32. The smallest absolute Gasteiger partial charge is 0.0726 e. The number of benzene rings is 3. The van der Waals surface area contributed by atoms with E-state index in [0.29, 0.717) is 6.04 Å². The van der Waals surface area contributed by atoms with Crippen molar-refractivity contribution in [2.24, 2.45) is 0 Å². The first-order valence-corrected chi connectivity index (χ1v) is 15.8. The van der Waals surface area contributed by atoms with E-state index in [9.17, 15) is 0 Å². The molecule has 1 fully saturated rings. The SMILES string of the molecule is c1ccc(C(c2ccccc2)N2CCN(CCSCCNc3c4c(nc5ccccc35)CCCC4)CC2)cc1. The van der Waals surface area contributed by atoms with Crippen molar-refractivity contribution >= 4 is 28.4 Å². The number of nitrogens with one attached hydrogen (secondary N) is 1. The molecule has 6 rings (SSSR count). The number of thioether (sulfide) groups is 1. The van der Waals surface area contributed by atoms with Crippen molar-refractivity contribution < 1.29 is 0 Å². The van der Waals surface area contributed by atoms with E-state index >= 15 is 0 Å². The molecule has 0 atom stereocenters. The number of nitrogens with zero attached hydrogens (tertiary/aromatic N) is 3. The average Bonchev–Trinajstić information content (AvgIpc) is 3.00. The van der Waals surface area contributed by atoms with Crippen molar-refractivity contribution in [3.63, 3.8) is 0 Å². The molecule has 1 aliphatic heterocycles. The summed E-state index contributed by atoms with van der Waals surface area (Å²) in [6, 6.07) is 31.0. The minimum atomic E-state index is 0.338. The summed E-state index contributed by atoms with van der Waals surface area (Å²) in [6.07, 6.45) is 4.82. The summed E-state index contributed by atoms with van der Waals surface area (Å²) < 4.78 is 0. The number of hydrogen-bond donors (Lipinski definition) is 1. The van der Waals surface area contributed by atoms with Gasteiger partial charge in [0, 0.05) is 67.5 Å². The quantitative estimate of drug-likeness (QED) is 0.229. The van der Waals surface area contributed by atoms with Gasteiger partial charge in [-0.2, -0.15) is 11.8 Å². The molecule has 0 bridgehead atoms. The highest BCUT2D eigenvalue weighted by molar-refractivity contribution is 7.99. The lowest BCUT2D eigenvalue weighted by Crippen LogP contribution is -2.48. The topological polar surface area (TPSA) is 31.4 Å². The maximum Gasteiger partial charge on any atom is 0.0726 e. The molecule has 202 valence electrons. The maximum absolute atomic E-state index is 4.98. The van der Waals surface area contributed by atoms with Crippen molar-refractivity contribution in [1.82, 2.24) is 14.8 Å². The molecule has 1 aromatic heterocycles. The molecule has 2 heterocycles. The Morgan fingerprint density at radius 1 is 0.744 bits per heavy atom. The zero-order valence-electron chi connectivity index (χ0n) is 22.9. The zero-order chi connectivity index (χ0) is 26.3. The maximum atomic E-state index is 4.98. The largest absolute Gasteiger partial charge is 0.383 e. The van der Waals surface area contributed by atoms with Crippen molar-refractivity contribution in [3.8, 4) is 0 Å².